The number of benzene rings is 2. The molecule has 1 aliphatic carbocycles. The molecule has 2 aromatic carbocycles. The van der Waals surface area contributed by atoms with E-state index >= 15 is 0 Å². The highest BCUT2D eigenvalue weighted by molar-refractivity contribution is 7.90. The van der Waals surface area contributed by atoms with Gasteiger partial charge in [0.05, 0.1) is 21.9 Å². The highest BCUT2D eigenvalue weighted by Crippen LogP contribution is 2.35. The van der Waals surface area contributed by atoms with Gasteiger partial charge in [-0.25, -0.2) is 23.2 Å². The molecular formula is C22H20F3N5O3S. The topological polar surface area (TPSA) is 127 Å². The van der Waals surface area contributed by atoms with E-state index in [1.807, 2.05) is 0 Å². The number of hydrogen-bond acceptors (Lipinski definition) is 6. The third kappa shape index (κ3) is 5.63. The number of rotatable bonds is 6. The number of nitrogen functional groups attached to an aromatic ring is 1. The third-order valence-electron chi connectivity index (χ3n) is 4.98. The Kier molecular flexibility index (Phi) is 6.17. The number of carbonyl (C=O) groups is 1. The molecule has 4 rings (SSSR count). The van der Waals surface area contributed by atoms with Gasteiger partial charge in [-0.05, 0) is 49.2 Å². The number of alkyl halides is 3. The molecule has 0 atom stereocenters. The zero-order valence-electron chi connectivity index (χ0n) is 17.6. The fourth-order valence-electron chi connectivity index (χ4n) is 3.25. The molecule has 8 nitrogen and oxygen atoms in total. The van der Waals surface area contributed by atoms with E-state index < -0.39 is 32.2 Å². The van der Waals surface area contributed by atoms with Crippen molar-refractivity contribution in [2.75, 3.05) is 11.1 Å². The first-order chi connectivity index (χ1) is 16.0. The number of amides is 2. The number of hydrogen-bond donors (Lipinski definition) is 3. The van der Waals surface area contributed by atoms with E-state index in [0.717, 1.165) is 25.0 Å². The maximum atomic E-state index is 13.3. The van der Waals surface area contributed by atoms with Gasteiger partial charge in [-0.3, -0.25) is 0 Å². The second-order valence-corrected chi connectivity index (χ2v) is 9.77. The lowest BCUT2D eigenvalue weighted by Gasteiger charge is -2.13. The van der Waals surface area contributed by atoms with E-state index in [1.165, 1.54) is 12.1 Å². The molecule has 2 amide bonds. The van der Waals surface area contributed by atoms with Crippen molar-refractivity contribution in [3.8, 4) is 11.4 Å². The monoisotopic (exact) mass is 491 g/mol. The van der Waals surface area contributed by atoms with Crippen molar-refractivity contribution in [3.05, 3.63) is 65.9 Å². The lowest BCUT2D eigenvalue weighted by atomic mass is 10.2. The standard InChI is InChI=1S/C22H20F3N5O3S/c23-22(24,25)17-3-1-2-4-18(17)34(32,33)12-16-11-19(26)30-20(27-16)13-5-7-14(8-6-13)28-21(31)29-15-9-10-15/h1-8,11,15H,9-10,12H2,(H2,26,27,30)(H2,28,29,31). The Labute approximate surface area is 193 Å². The number of halogens is 3. The fourth-order valence-corrected chi connectivity index (χ4v) is 4.75. The summed E-state index contributed by atoms with van der Waals surface area (Å²) < 4.78 is 65.5. The summed E-state index contributed by atoms with van der Waals surface area (Å²) in [6, 6.07) is 11.5. The lowest BCUT2D eigenvalue weighted by molar-refractivity contribution is -0.139. The lowest BCUT2D eigenvalue weighted by Crippen LogP contribution is -2.30. The molecule has 4 N–H and O–H groups in total. The summed E-state index contributed by atoms with van der Waals surface area (Å²) in [5, 5.41) is 5.49. The summed E-state index contributed by atoms with van der Waals surface area (Å²) in [4.78, 5) is 19.3. The van der Waals surface area contributed by atoms with Crippen LogP contribution in [0.3, 0.4) is 0 Å². The van der Waals surface area contributed by atoms with Crippen molar-refractivity contribution >= 4 is 27.4 Å². The Morgan fingerprint density at radius 3 is 2.38 bits per heavy atom. The van der Waals surface area contributed by atoms with Crippen LogP contribution < -0.4 is 16.4 Å². The molecule has 12 heteroatoms. The van der Waals surface area contributed by atoms with Crippen LogP contribution in [0, 0.1) is 0 Å². The Morgan fingerprint density at radius 1 is 1.06 bits per heavy atom. The van der Waals surface area contributed by atoms with Crippen LogP contribution in [0.15, 0.2) is 59.5 Å². The van der Waals surface area contributed by atoms with E-state index in [1.54, 1.807) is 24.3 Å². The number of nitrogens with one attached hydrogen (secondary N) is 2. The minimum absolute atomic E-state index is 0.0367. The van der Waals surface area contributed by atoms with Crippen molar-refractivity contribution in [3.63, 3.8) is 0 Å². The largest absolute Gasteiger partial charge is 0.417 e. The van der Waals surface area contributed by atoms with E-state index in [2.05, 4.69) is 20.6 Å². The summed E-state index contributed by atoms with van der Waals surface area (Å²) in [5.74, 6) is -0.727. The Hall–Kier alpha value is -3.67. The predicted molar refractivity (Wildman–Crippen MR) is 119 cm³/mol. The zero-order valence-corrected chi connectivity index (χ0v) is 18.4. The summed E-state index contributed by atoms with van der Waals surface area (Å²) in [7, 11) is -4.39. The van der Waals surface area contributed by atoms with Crippen molar-refractivity contribution in [1.29, 1.82) is 0 Å². The smallest absolute Gasteiger partial charge is 0.384 e. The van der Waals surface area contributed by atoms with Crippen LogP contribution in [0.4, 0.5) is 29.5 Å². The highest BCUT2D eigenvalue weighted by Gasteiger charge is 2.37. The van der Waals surface area contributed by atoms with E-state index in [0.29, 0.717) is 17.3 Å². The molecule has 1 fully saturated rings. The van der Waals surface area contributed by atoms with Gasteiger partial charge in [0.15, 0.2) is 15.7 Å². The molecule has 0 bridgehead atoms. The first kappa shape index (κ1) is 23.5. The Balaban J connectivity index is 1.56. The van der Waals surface area contributed by atoms with Gasteiger partial charge in [0.2, 0.25) is 0 Å². The van der Waals surface area contributed by atoms with Crippen LogP contribution in [0.5, 0.6) is 0 Å². The van der Waals surface area contributed by atoms with E-state index in [-0.39, 0.29) is 29.4 Å². The molecule has 1 saturated carbocycles. The summed E-state index contributed by atoms with van der Waals surface area (Å²) >= 11 is 0. The average molecular weight is 491 g/mol. The van der Waals surface area contributed by atoms with Gasteiger partial charge in [-0.15, -0.1) is 0 Å². The quantitative estimate of drug-likeness (QED) is 0.478. The normalized spacial score (nSPS) is 14.0. The van der Waals surface area contributed by atoms with Gasteiger partial charge >= 0.3 is 12.2 Å². The van der Waals surface area contributed by atoms with Crippen molar-refractivity contribution in [1.82, 2.24) is 15.3 Å². The van der Waals surface area contributed by atoms with Gasteiger partial charge in [-0.1, -0.05) is 12.1 Å². The molecular weight excluding hydrogens is 471 g/mol. The molecule has 0 radical (unpaired) electrons. The van der Waals surface area contributed by atoms with Crippen molar-refractivity contribution in [2.24, 2.45) is 0 Å². The number of anilines is 2. The maximum absolute atomic E-state index is 13.3. The minimum atomic E-state index is -4.83. The SMILES string of the molecule is Nc1cc(CS(=O)(=O)c2ccccc2C(F)(F)F)nc(-c2ccc(NC(=O)NC3CC3)cc2)n1. The van der Waals surface area contributed by atoms with Gasteiger partial charge in [-0.2, -0.15) is 13.2 Å². The first-order valence-corrected chi connectivity index (χ1v) is 11.9. The van der Waals surface area contributed by atoms with E-state index in [9.17, 15) is 26.4 Å². The highest BCUT2D eigenvalue weighted by atomic mass is 32.2. The molecule has 3 aromatic rings. The maximum Gasteiger partial charge on any atom is 0.417 e. The van der Waals surface area contributed by atoms with Gasteiger partial charge in [0, 0.05) is 23.4 Å². The van der Waals surface area contributed by atoms with Crippen LogP contribution >= 0.6 is 0 Å². The molecule has 1 heterocycles. The minimum Gasteiger partial charge on any atom is -0.384 e. The van der Waals surface area contributed by atoms with Crippen molar-refractivity contribution < 1.29 is 26.4 Å². The zero-order chi connectivity index (χ0) is 24.5. The molecule has 1 aromatic heterocycles. The van der Waals surface area contributed by atoms with Crippen LogP contribution in [-0.4, -0.2) is 30.5 Å². The third-order valence-corrected chi connectivity index (χ3v) is 6.68. The Bertz CT molecular complexity index is 1320. The molecule has 34 heavy (non-hydrogen) atoms. The van der Waals surface area contributed by atoms with Crippen LogP contribution in [0.2, 0.25) is 0 Å². The fraction of sp³-hybridized carbons (Fsp3) is 0.227. The summed E-state index contributed by atoms with van der Waals surface area (Å²) in [6.45, 7) is 0. The number of urea groups is 1. The number of carbonyl (C=O) groups excluding carboxylic acids is 1. The average Bonchev–Trinajstić information content (AvgIpc) is 3.57. The van der Waals surface area contributed by atoms with Gasteiger partial charge in [0.1, 0.15) is 5.82 Å². The molecule has 1 aliphatic rings. The second kappa shape index (κ2) is 8.93. The van der Waals surface area contributed by atoms with Crippen LogP contribution in [0.25, 0.3) is 11.4 Å². The second-order valence-electron chi connectivity index (χ2n) is 7.81. The van der Waals surface area contributed by atoms with Gasteiger partial charge in [0.25, 0.3) is 0 Å². The van der Waals surface area contributed by atoms with Crippen LogP contribution in [0.1, 0.15) is 24.1 Å². The molecule has 0 aliphatic heterocycles. The van der Waals surface area contributed by atoms with Crippen molar-refractivity contribution in [2.45, 2.75) is 35.7 Å². The van der Waals surface area contributed by atoms with E-state index in [4.69, 9.17) is 5.73 Å². The molecule has 0 saturated heterocycles. The Morgan fingerprint density at radius 2 is 1.74 bits per heavy atom. The number of sulfone groups is 1. The molecule has 0 spiro atoms. The number of aromatic nitrogens is 2. The molecule has 0 unspecified atom stereocenters. The summed E-state index contributed by atoms with van der Waals surface area (Å²) in [6.07, 6.45) is -2.91. The predicted octanol–water partition coefficient (Wildman–Crippen LogP) is 4.00. The number of nitrogens with zero attached hydrogens (tertiary/aromatic N) is 2. The van der Waals surface area contributed by atoms with Gasteiger partial charge < -0.3 is 16.4 Å². The molecule has 178 valence electrons. The number of nitrogens with two attached hydrogens (primary N) is 1. The van der Waals surface area contributed by atoms with Crippen LogP contribution in [-0.2, 0) is 21.8 Å². The first-order valence-electron chi connectivity index (χ1n) is 10.2. The summed E-state index contributed by atoms with van der Waals surface area (Å²) in [5.41, 5.74) is 5.52.